The Bertz CT molecular complexity index is 986. The van der Waals surface area contributed by atoms with E-state index in [1.807, 2.05) is 6.20 Å². The van der Waals surface area contributed by atoms with Crippen LogP contribution in [0.1, 0.15) is 44.1 Å². The number of fused-ring (bicyclic) bond motifs is 1. The van der Waals surface area contributed by atoms with E-state index in [4.69, 9.17) is 0 Å². The highest BCUT2D eigenvalue weighted by molar-refractivity contribution is 5.97. The van der Waals surface area contributed by atoms with E-state index in [2.05, 4.69) is 15.3 Å². The predicted molar refractivity (Wildman–Crippen MR) is 117 cm³/mol. The first-order chi connectivity index (χ1) is 15.6. The summed E-state index contributed by atoms with van der Waals surface area (Å²) < 4.78 is 15.6. The molecule has 8 heteroatoms. The normalized spacial score (nSPS) is 25.0. The molecule has 7 nitrogen and oxygen atoms in total. The lowest BCUT2D eigenvalue weighted by molar-refractivity contribution is -0.153. The Morgan fingerprint density at radius 2 is 1.91 bits per heavy atom. The number of nitrogens with zero attached hydrogens (tertiary/aromatic N) is 4. The topological polar surface area (TPSA) is 70.5 Å². The molecule has 2 aliphatic heterocycles. The molecule has 2 atom stereocenters. The molecular formula is C24H30FN5O2. The fourth-order valence-corrected chi connectivity index (χ4v) is 5.39. The summed E-state index contributed by atoms with van der Waals surface area (Å²) >= 11 is 0. The zero-order valence-electron chi connectivity index (χ0n) is 18.3. The van der Waals surface area contributed by atoms with Crippen LogP contribution in [-0.4, -0.2) is 63.1 Å². The fraction of sp³-hybridized carbons (Fsp3) is 0.542. The van der Waals surface area contributed by atoms with E-state index in [1.165, 1.54) is 30.0 Å². The Kier molecular flexibility index (Phi) is 5.95. The van der Waals surface area contributed by atoms with Gasteiger partial charge in [-0.1, -0.05) is 44.2 Å². The largest absolute Gasteiger partial charge is 0.342 e. The highest BCUT2D eigenvalue weighted by Gasteiger charge is 2.43. The summed E-state index contributed by atoms with van der Waals surface area (Å²) in [6.45, 7) is 2.36. The summed E-state index contributed by atoms with van der Waals surface area (Å²) in [5, 5.41) is 7.31. The van der Waals surface area contributed by atoms with E-state index in [0.29, 0.717) is 37.8 Å². The average Bonchev–Trinajstić information content (AvgIpc) is 3.26. The summed E-state index contributed by atoms with van der Waals surface area (Å²) in [6.07, 6.45) is 10.4. The Morgan fingerprint density at radius 3 is 2.72 bits per heavy atom. The minimum absolute atomic E-state index is 0.0443. The highest BCUT2D eigenvalue weighted by Crippen LogP contribution is 2.29. The first-order valence-electron chi connectivity index (χ1n) is 11.7. The van der Waals surface area contributed by atoms with Crippen molar-refractivity contribution in [1.82, 2.24) is 24.9 Å². The van der Waals surface area contributed by atoms with Crippen molar-refractivity contribution >= 4 is 11.8 Å². The third kappa shape index (κ3) is 4.28. The van der Waals surface area contributed by atoms with Crippen LogP contribution in [0.3, 0.4) is 0 Å². The lowest BCUT2D eigenvalue weighted by Crippen LogP contribution is -2.69. The van der Waals surface area contributed by atoms with Gasteiger partial charge < -0.3 is 10.2 Å². The molecule has 2 saturated heterocycles. The standard InChI is InChI=1S/C24H30FN5O2/c25-19-8-4-5-9-21(19)30-15-18(13-26-30)14-28-10-11-29-22(16-28)23(31)27-20(24(29)32)12-17-6-2-1-3-7-17/h4-5,8-9,13,15,17,20,22H,1-3,6-7,10-12,14,16H2,(H,27,31)/t20-,22+/m0/s1. The number of amides is 2. The van der Waals surface area contributed by atoms with Gasteiger partial charge in [0.15, 0.2) is 0 Å². The molecule has 5 rings (SSSR count). The van der Waals surface area contributed by atoms with Gasteiger partial charge in [0, 0.05) is 37.9 Å². The molecule has 32 heavy (non-hydrogen) atoms. The van der Waals surface area contributed by atoms with Crippen LogP contribution in [0.5, 0.6) is 0 Å². The predicted octanol–water partition coefficient (Wildman–Crippen LogP) is 2.49. The molecule has 1 aliphatic carbocycles. The molecule has 1 saturated carbocycles. The van der Waals surface area contributed by atoms with Crippen molar-refractivity contribution in [3.05, 3.63) is 48.0 Å². The SMILES string of the molecule is O=C1N[C@@H](CC2CCCCC2)C(=O)N2CCN(Cc3cnn(-c4ccccc4F)c3)C[C@H]12. The molecule has 3 heterocycles. The number of carbonyl (C=O) groups is 2. The number of hydrogen-bond acceptors (Lipinski definition) is 4. The van der Waals surface area contributed by atoms with E-state index in [9.17, 15) is 14.0 Å². The third-order valence-corrected chi connectivity index (χ3v) is 7.10. The van der Waals surface area contributed by atoms with Gasteiger partial charge in [-0.25, -0.2) is 9.07 Å². The molecule has 1 aromatic heterocycles. The Hall–Kier alpha value is -2.74. The van der Waals surface area contributed by atoms with E-state index in [-0.39, 0.29) is 23.7 Å². The molecule has 1 N–H and O–H groups in total. The van der Waals surface area contributed by atoms with Gasteiger partial charge in [0.05, 0.1) is 6.20 Å². The van der Waals surface area contributed by atoms with Crippen molar-refractivity contribution in [3.8, 4) is 5.69 Å². The van der Waals surface area contributed by atoms with Crippen LogP contribution in [-0.2, 0) is 16.1 Å². The minimum Gasteiger partial charge on any atom is -0.342 e. The number of aromatic nitrogens is 2. The summed E-state index contributed by atoms with van der Waals surface area (Å²) in [4.78, 5) is 29.9. The van der Waals surface area contributed by atoms with Crippen molar-refractivity contribution in [2.75, 3.05) is 19.6 Å². The van der Waals surface area contributed by atoms with Crippen molar-refractivity contribution in [2.45, 2.75) is 57.2 Å². The molecule has 3 aliphatic rings. The number of para-hydroxylation sites is 1. The highest BCUT2D eigenvalue weighted by atomic mass is 19.1. The molecule has 2 amide bonds. The van der Waals surface area contributed by atoms with Crippen molar-refractivity contribution < 1.29 is 14.0 Å². The number of hydrogen-bond donors (Lipinski definition) is 1. The summed E-state index contributed by atoms with van der Waals surface area (Å²) in [7, 11) is 0. The molecule has 0 bridgehead atoms. The molecule has 2 aromatic rings. The van der Waals surface area contributed by atoms with E-state index >= 15 is 0 Å². The zero-order chi connectivity index (χ0) is 22.1. The maximum Gasteiger partial charge on any atom is 0.245 e. The summed E-state index contributed by atoms with van der Waals surface area (Å²) in [5.74, 6) is 0.252. The second-order valence-corrected chi connectivity index (χ2v) is 9.33. The monoisotopic (exact) mass is 439 g/mol. The maximum absolute atomic E-state index is 14.0. The number of halogens is 1. The van der Waals surface area contributed by atoms with Crippen molar-refractivity contribution in [1.29, 1.82) is 0 Å². The maximum atomic E-state index is 14.0. The van der Waals surface area contributed by atoms with Crippen LogP contribution in [0, 0.1) is 11.7 Å². The smallest absolute Gasteiger partial charge is 0.245 e. The van der Waals surface area contributed by atoms with Gasteiger partial charge in [0.25, 0.3) is 0 Å². The molecule has 170 valence electrons. The van der Waals surface area contributed by atoms with E-state index in [1.54, 1.807) is 29.3 Å². The fourth-order valence-electron chi connectivity index (χ4n) is 5.39. The third-order valence-electron chi connectivity index (χ3n) is 7.10. The first-order valence-corrected chi connectivity index (χ1v) is 11.7. The molecule has 0 radical (unpaired) electrons. The second-order valence-electron chi connectivity index (χ2n) is 9.33. The second kappa shape index (κ2) is 9.02. The van der Waals surface area contributed by atoms with Crippen molar-refractivity contribution in [2.24, 2.45) is 5.92 Å². The van der Waals surface area contributed by atoms with Gasteiger partial charge in [0.1, 0.15) is 23.6 Å². The van der Waals surface area contributed by atoms with Gasteiger partial charge in [0.2, 0.25) is 11.8 Å². The van der Waals surface area contributed by atoms with E-state index < -0.39 is 6.04 Å². The van der Waals surface area contributed by atoms with Gasteiger partial charge in [-0.3, -0.25) is 14.5 Å². The number of rotatable bonds is 5. The van der Waals surface area contributed by atoms with Gasteiger partial charge in [-0.15, -0.1) is 0 Å². The number of piperazine rings is 2. The molecule has 3 fully saturated rings. The minimum atomic E-state index is -0.444. The Balaban J connectivity index is 1.21. The quantitative estimate of drug-likeness (QED) is 0.777. The molecule has 0 unspecified atom stereocenters. The van der Waals surface area contributed by atoms with Crippen LogP contribution in [0.25, 0.3) is 5.69 Å². The molecule has 1 aromatic carbocycles. The molecular weight excluding hydrogens is 409 g/mol. The Labute approximate surface area is 187 Å². The lowest BCUT2D eigenvalue weighted by atomic mass is 9.84. The van der Waals surface area contributed by atoms with Gasteiger partial charge in [-0.05, 0) is 24.5 Å². The van der Waals surface area contributed by atoms with Gasteiger partial charge in [-0.2, -0.15) is 5.10 Å². The summed E-state index contributed by atoms with van der Waals surface area (Å²) in [5.41, 5.74) is 1.35. The van der Waals surface area contributed by atoms with Crippen LogP contribution in [0.15, 0.2) is 36.7 Å². The first kappa shape index (κ1) is 21.1. The average molecular weight is 440 g/mol. The van der Waals surface area contributed by atoms with Crippen molar-refractivity contribution in [3.63, 3.8) is 0 Å². The van der Waals surface area contributed by atoms with Crippen LogP contribution < -0.4 is 5.32 Å². The molecule has 0 spiro atoms. The zero-order valence-corrected chi connectivity index (χ0v) is 18.3. The van der Waals surface area contributed by atoms with E-state index in [0.717, 1.165) is 24.8 Å². The van der Waals surface area contributed by atoms with Crippen LogP contribution in [0.4, 0.5) is 4.39 Å². The van der Waals surface area contributed by atoms with Gasteiger partial charge >= 0.3 is 0 Å². The lowest BCUT2D eigenvalue weighted by Gasteiger charge is -2.45. The number of carbonyl (C=O) groups excluding carboxylic acids is 2. The summed E-state index contributed by atoms with van der Waals surface area (Å²) in [6, 6.07) is 5.72. The number of benzene rings is 1. The van der Waals surface area contributed by atoms with Crippen LogP contribution >= 0.6 is 0 Å². The van der Waals surface area contributed by atoms with Crippen LogP contribution in [0.2, 0.25) is 0 Å². The Morgan fingerprint density at radius 1 is 1.09 bits per heavy atom. The number of nitrogens with one attached hydrogen (secondary N) is 1.